The number of aliphatic hydroxyl groups excluding tert-OH is 1. The number of nitrogens with zero attached hydrogens (tertiary/aromatic N) is 2. The number of amides is 1. The molecule has 6 nitrogen and oxygen atoms in total. The number of carbonyl (C=O) groups excluding carboxylic acids is 2. The summed E-state index contributed by atoms with van der Waals surface area (Å²) in [5, 5.41) is 10.3. The molecule has 1 aliphatic heterocycles. The van der Waals surface area contributed by atoms with Gasteiger partial charge < -0.3 is 14.4 Å². The maximum Gasteiger partial charge on any atom is 0.290 e. The average molecular weight is 312 g/mol. The van der Waals surface area contributed by atoms with Crippen LogP contribution in [0.5, 0.6) is 0 Å². The van der Waals surface area contributed by atoms with Gasteiger partial charge in [-0.25, -0.2) is 0 Å². The summed E-state index contributed by atoms with van der Waals surface area (Å²) < 4.78 is 5.13. The van der Waals surface area contributed by atoms with E-state index in [1.54, 1.807) is 30.6 Å². The van der Waals surface area contributed by atoms with Crippen LogP contribution in [0.25, 0.3) is 0 Å². The summed E-state index contributed by atoms with van der Waals surface area (Å²) in [4.78, 5) is 30.6. The Bertz CT molecular complexity index is 750. The number of aromatic nitrogens is 1. The van der Waals surface area contributed by atoms with E-state index in [9.17, 15) is 14.7 Å². The molecular formula is C17H16N2O4. The van der Waals surface area contributed by atoms with Crippen LogP contribution in [0.15, 0.2) is 58.7 Å². The number of Topliss-reactive ketones (excluding diaryl/α,β-unsaturated/α-hetero) is 1. The van der Waals surface area contributed by atoms with Crippen LogP contribution < -0.4 is 0 Å². The molecular weight excluding hydrogens is 296 g/mol. The maximum atomic E-state index is 12.7. The summed E-state index contributed by atoms with van der Waals surface area (Å²) in [6.45, 7) is 2.36. The van der Waals surface area contributed by atoms with Gasteiger partial charge in [-0.05, 0) is 30.2 Å². The molecule has 0 saturated carbocycles. The zero-order valence-corrected chi connectivity index (χ0v) is 12.6. The number of hydrogen-bond donors (Lipinski definition) is 1. The van der Waals surface area contributed by atoms with E-state index in [0.29, 0.717) is 18.5 Å². The largest absolute Gasteiger partial charge is 0.503 e. The Morgan fingerprint density at radius 2 is 2.22 bits per heavy atom. The van der Waals surface area contributed by atoms with Gasteiger partial charge in [0.2, 0.25) is 5.78 Å². The number of pyridine rings is 1. The van der Waals surface area contributed by atoms with E-state index in [1.165, 1.54) is 17.2 Å². The van der Waals surface area contributed by atoms with Crippen molar-refractivity contribution in [1.29, 1.82) is 0 Å². The van der Waals surface area contributed by atoms with E-state index in [1.807, 2.05) is 6.92 Å². The lowest BCUT2D eigenvalue weighted by Crippen LogP contribution is -2.31. The van der Waals surface area contributed by atoms with Crippen molar-refractivity contribution >= 4 is 11.7 Å². The van der Waals surface area contributed by atoms with Gasteiger partial charge in [-0.3, -0.25) is 14.6 Å². The number of aliphatic hydroxyl groups is 1. The standard InChI is InChI=1S/C17H16N2O4/c1-2-8-19-14(11-5-3-7-18-10-11)13(16(21)17(19)22)15(20)12-6-4-9-23-12/h3-7,9-10,14,21H,2,8H2,1H3. The Morgan fingerprint density at radius 1 is 1.39 bits per heavy atom. The van der Waals surface area contributed by atoms with Gasteiger partial charge in [-0.15, -0.1) is 0 Å². The molecule has 0 aromatic carbocycles. The van der Waals surface area contributed by atoms with Crippen LogP contribution >= 0.6 is 0 Å². The van der Waals surface area contributed by atoms with E-state index < -0.39 is 23.5 Å². The van der Waals surface area contributed by atoms with Gasteiger partial charge in [0.1, 0.15) is 0 Å². The maximum absolute atomic E-state index is 12.7. The lowest BCUT2D eigenvalue weighted by Gasteiger charge is -2.25. The second-order valence-electron chi connectivity index (χ2n) is 5.26. The second-order valence-corrected chi connectivity index (χ2v) is 5.26. The summed E-state index contributed by atoms with van der Waals surface area (Å²) in [6, 6.07) is 5.95. The Labute approximate surface area is 133 Å². The highest BCUT2D eigenvalue weighted by Gasteiger charge is 2.44. The lowest BCUT2D eigenvalue weighted by atomic mass is 9.96. The first kappa shape index (κ1) is 15.0. The van der Waals surface area contributed by atoms with E-state index in [-0.39, 0.29) is 11.3 Å². The molecule has 1 unspecified atom stereocenters. The molecule has 0 radical (unpaired) electrons. The molecule has 3 heterocycles. The van der Waals surface area contributed by atoms with Crippen molar-refractivity contribution in [2.75, 3.05) is 6.54 Å². The van der Waals surface area contributed by atoms with Gasteiger partial charge in [-0.2, -0.15) is 0 Å². The van der Waals surface area contributed by atoms with Gasteiger partial charge in [0.05, 0.1) is 17.9 Å². The Kier molecular flexibility index (Phi) is 3.97. The number of hydrogen-bond acceptors (Lipinski definition) is 5. The summed E-state index contributed by atoms with van der Waals surface area (Å²) in [7, 11) is 0. The van der Waals surface area contributed by atoms with E-state index in [0.717, 1.165) is 0 Å². The Morgan fingerprint density at radius 3 is 2.83 bits per heavy atom. The first-order valence-electron chi connectivity index (χ1n) is 7.37. The SMILES string of the molecule is CCCN1C(=O)C(O)=C(C(=O)c2ccco2)C1c1cccnc1. The quantitative estimate of drug-likeness (QED) is 0.858. The third kappa shape index (κ3) is 2.52. The molecule has 6 heteroatoms. The minimum Gasteiger partial charge on any atom is -0.503 e. The van der Waals surface area contributed by atoms with E-state index >= 15 is 0 Å². The predicted octanol–water partition coefficient (Wildman–Crippen LogP) is 2.66. The van der Waals surface area contributed by atoms with Crippen LogP contribution in [0.2, 0.25) is 0 Å². The molecule has 0 spiro atoms. The van der Waals surface area contributed by atoms with Gasteiger partial charge in [0.15, 0.2) is 11.5 Å². The van der Waals surface area contributed by atoms with Crippen molar-refractivity contribution in [2.45, 2.75) is 19.4 Å². The van der Waals surface area contributed by atoms with E-state index in [2.05, 4.69) is 4.98 Å². The summed E-state index contributed by atoms with van der Waals surface area (Å²) in [5.41, 5.74) is 0.708. The first-order chi connectivity index (χ1) is 11.1. The Balaban J connectivity index is 2.10. The molecule has 0 aliphatic carbocycles. The fourth-order valence-corrected chi connectivity index (χ4v) is 2.78. The highest BCUT2D eigenvalue weighted by molar-refractivity contribution is 6.14. The zero-order valence-electron chi connectivity index (χ0n) is 12.6. The van der Waals surface area contributed by atoms with Crippen molar-refractivity contribution in [2.24, 2.45) is 0 Å². The minimum absolute atomic E-state index is 0.0337. The normalized spacial score (nSPS) is 17.9. The van der Waals surface area contributed by atoms with Crippen molar-refractivity contribution in [3.63, 3.8) is 0 Å². The number of rotatable bonds is 5. The van der Waals surface area contributed by atoms with Crippen molar-refractivity contribution < 1.29 is 19.1 Å². The molecule has 1 amide bonds. The Hall–Kier alpha value is -2.89. The van der Waals surface area contributed by atoms with Crippen LogP contribution in [0, 0.1) is 0 Å². The van der Waals surface area contributed by atoms with Crippen LogP contribution in [0.3, 0.4) is 0 Å². The average Bonchev–Trinajstić information content (AvgIpc) is 3.18. The lowest BCUT2D eigenvalue weighted by molar-refractivity contribution is -0.129. The number of furan rings is 1. The molecule has 1 atom stereocenters. The van der Waals surface area contributed by atoms with Crippen LogP contribution in [0.4, 0.5) is 0 Å². The first-order valence-corrected chi connectivity index (χ1v) is 7.37. The smallest absolute Gasteiger partial charge is 0.290 e. The van der Waals surface area contributed by atoms with Gasteiger partial charge in [0.25, 0.3) is 5.91 Å². The van der Waals surface area contributed by atoms with Crippen LogP contribution in [-0.2, 0) is 4.79 Å². The van der Waals surface area contributed by atoms with Crippen molar-refractivity contribution in [1.82, 2.24) is 9.88 Å². The van der Waals surface area contributed by atoms with Crippen LogP contribution in [-0.4, -0.2) is 33.2 Å². The predicted molar refractivity (Wildman–Crippen MR) is 81.7 cm³/mol. The monoisotopic (exact) mass is 312 g/mol. The molecule has 3 rings (SSSR count). The van der Waals surface area contributed by atoms with Gasteiger partial charge >= 0.3 is 0 Å². The fraction of sp³-hybridized carbons (Fsp3) is 0.235. The summed E-state index contributed by atoms with van der Waals surface area (Å²) in [5.74, 6) is -1.47. The fourth-order valence-electron chi connectivity index (χ4n) is 2.78. The van der Waals surface area contributed by atoms with Crippen molar-refractivity contribution in [3.8, 4) is 0 Å². The molecule has 1 aliphatic rings. The molecule has 0 bridgehead atoms. The highest BCUT2D eigenvalue weighted by Crippen LogP contribution is 2.38. The zero-order chi connectivity index (χ0) is 16.4. The molecule has 1 N–H and O–H groups in total. The van der Waals surface area contributed by atoms with Gasteiger partial charge in [-0.1, -0.05) is 13.0 Å². The van der Waals surface area contributed by atoms with E-state index in [4.69, 9.17) is 4.42 Å². The molecule has 23 heavy (non-hydrogen) atoms. The summed E-state index contributed by atoms with van der Waals surface area (Å²) >= 11 is 0. The molecule has 2 aromatic heterocycles. The van der Waals surface area contributed by atoms with Crippen LogP contribution in [0.1, 0.15) is 35.5 Å². The molecule has 2 aromatic rings. The molecule has 0 fully saturated rings. The number of ketones is 1. The molecule has 0 saturated heterocycles. The minimum atomic E-state index is -0.659. The highest BCUT2D eigenvalue weighted by atomic mass is 16.3. The van der Waals surface area contributed by atoms with Crippen molar-refractivity contribution in [3.05, 3.63) is 65.6 Å². The topological polar surface area (TPSA) is 83.6 Å². The number of carbonyl (C=O) groups is 2. The second kappa shape index (κ2) is 6.08. The van der Waals surface area contributed by atoms with Gasteiger partial charge in [0, 0.05) is 18.9 Å². The third-order valence-electron chi connectivity index (χ3n) is 3.76. The molecule has 118 valence electrons. The summed E-state index contributed by atoms with van der Waals surface area (Å²) in [6.07, 6.45) is 5.29. The third-order valence-corrected chi connectivity index (χ3v) is 3.76.